The van der Waals surface area contributed by atoms with Gasteiger partial charge in [0.25, 0.3) is 0 Å². The molecule has 0 radical (unpaired) electrons. The molecule has 0 aliphatic carbocycles. The first kappa shape index (κ1) is 10.0. The van der Waals surface area contributed by atoms with Crippen LogP contribution in [0.25, 0.3) is 0 Å². The molecule has 0 spiro atoms. The molecule has 0 unspecified atom stereocenters. The Labute approximate surface area is 70.3 Å². The van der Waals surface area contributed by atoms with Crippen LogP contribution in [0.5, 0.6) is 0 Å². The minimum atomic E-state index is -0.344. The van der Waals surface area contributed by atoms with Crippen LogP contribution in [0.15, 0.2) is 0 Å². The summed E-state index contributed by atoms with van der Waals surface area (Å²) in [4.78, 5) is 20.8. The average molecular weight is 174 g/mol. The topological polar surface area (TPSA) is 58.2 Å². The molecule has 0 atom stereocenters. The van der Waals surface area contributed by atoms with E-state index in [9.17, 15) is 9.59 Å². The zero-order chi connectivity index (χ0) is 8.85. The van der Waals surface area contributed by atoms with Crippen LogP contribution < -0.4 is 10.6 Å². The standard InChI is InChI=1S/C4H4N2O2S.C2H6/c7-2-1-3(8)6-4(9)5-2;1-2/h1H2,(H2,5,6,7,8,9);1-2H3. The van der Waals surface area contributed by atoms with Crippen LogP contribution in [0, 0.1) is 0 Å². The number of rotatable bonds is 0. The van der Waals surface area contributed by atoms with Crippen molar-refractivity contribution in [3.8, 4) is 0 Å². The fourth-order valence-corrected chi connectivity index (χ4v) is 0.746. The van der Waals surface area contributed by atoms with Crippen molar-refractivity contribution in [1.82, 2.24) is 10.6 Å². The van der Waals surface area contributed by atoms with E-state index in [1.807, 2.05) is 13.8 Å². The van der Waals surface area contributed by atoms with Crippen molar-refractivity contribution in [3.63, 3.8) is 0 Å². The van der Waals surface area contributed by atoms with Gasteiger partial charge in [-0.15, -0.1) is 0 Å². The highest BCUT2D eigenvalue weighted by Gasteiger charge is 2.17. The summed E-state index contributed by atoms with van der Waals surface area (Å²) in [7, 11) is 0. The van der Waals surface area contributed by atoms with Gasteiger partial charge in [0.2, 0.25) is 11.8 Å². The first-order valence-electron chi connectivity index (χ1n) is 3.32. The molecular weight excluding hydrogens is 164 g/mol. The van der Waals surface area contributed by atoms with E-state index in [0.29, 0.717) is 0 Å². The van der Waals surface area contributed by atoms with E-state index in [-0.39, 0.29) is 23.3 Å². The molecule has 2 N–H and O–H groups in total. The summed E-state index contributed by atoms with van der Waals surface area (Å²) in [5, 5.41) is 4.63. The third-order valence-corrected chi connectivity index (χ3v) is 1.03. The Morgan fingerprint density at radius 1 is 1.18 bits per heavy atom. The zero-order valence-electron chi connectivity index (χ0n) is 6.43. The van der Waals surface area contributed by atoms with Gasteiger partial charge in [-0.05, 0) is 12.2 Å². The van der Waals surface area contributed by atoms with Crippen LogP contribution in [0.4, 0.5) is 0 Å². The Morgan fingerprint density at radius 3 is 1.82 bits per heavy atom. The first-order chi connectivity index (χ1) is 5.18. The maximum Gasteiger partial charge on any atom is 0.235 e. The van der Waals surface area contributed by atoms with Gasteiger partial charge in [-0.2, -0.15) is 0 Å². The van der Waals surface area contributed by atoms with Gasteiger partial charge in [0.1, 0.15) is 6.42 Å². The summed E-state index contributed by atoms with van der Waals surface area (Å²) in [5.41, 5.74) is 0. The molecule has 1 rings (SSSR count). The Morgan fingerprint density at radius 2 is 1.55 bits per heavy atom. The number of amides is 2. The van der Waals surface area contributed by atoms with Crippen LogP contribution in [-0.4, -0.2) is 16.9 Å². The van der Waals surface area contributed by atoms with Crippen LogP contribution in [0.3, 0.4) is 0 Å². The molecular formula is C6H10N2O2S. The lowest BCUT2D eigenvalue weighted by molar-refractivity contribution is -0.129. The highest BCUT2D eigenvalue weighted by Crippen LogP contribution is 1.86. The van der Waals surface area contributed by atoms with Gasteiger partial charge < -0.3 is 10.6 Å². The van der Waals surface area contributed by atoms with Gasteiger partial charge in [-0.25, -0.2) is 0 Å². The van der Waals surface area contributed by atoms with Gasteiger partial charge in [-0.3, -0.25) is 9.59 Å². The fourth-order valence-electron chi connectivity index (χ4n) is 0.519. The van der Waals surface area contributed by atoms with E-state index in [0.717, 1.165) is 0 Å². The van der Waals surface area contributed by atoms with E-state index < -0.39 is 0 Å². The molecule has 4 nitrogen and oxygen atoms in total. The molecule has 1 aliphatic heterocycles. The molecule has 5 heteroatoms. The van der Waals surface area contributed by atoms with Crippen molar-refractivity contribution in [2.45, 2.75) is 20.3 Å². The van der Waals surface area contributed by atoms with Gasteiger partial charge >= 0.3 is 0 Å². The van der Waals surface area contributed by atoms with Crippen LogP contribution >= 0.6 is 12.2 Å². The van der Waals surface area contributed by atoms with E-state index in [1.54, 1.807) is 0 Å². The van der Waals surface area contributed by atoms with Crippen molar-refractivity contribution in [1.29, 1.82) is 0 Å². The van der Waals surface area contributed by atoms with Gasteiger partial charge in [0, 0.05) is 0 Å². The van der Waals surface area contributed by atoms with E-state index in [4.69, 9.17) is 0 Å². The molecule has 1 fully saturated rings. The Hall–Kier alpha value is -0.970. The molecule has 0 aromatic carbocycles. The van der Waals surface area contributed by atoms with E-state index in [2.05, 4.69) is 22.9 Å². The van der Waals surface area contributed by atoms with Gasteiger partial charge in [-0.1, -0.05) is 13.8 Å². The number of carbonyl (C=O) groups is 2. The number of carbonyl (C=O) groups excluding carboxylic acids is 2. The quantitative estimate of drug-likeness (QED) is 0.399. The van der Waals surface area contributed by atoms with Crippen LogP contribution in [0.2, 0.25) is 0 Å². The highest BCUT2D eigenvalue weighted by molar-refractivity contribution is 7.80. The van der Waals surface area contributed by atoms with E-state index in [1.165, 1.54) is 0 Å². The van der Waals surface area contributed by atoms with Crippen molar-refractivity contribution < 1.29 is 9.59 Å². The second-order valence-corrected chi connectivity index (χ2v) is 2.01. The summed E-state index contributed by atoms with van der Waals surface area (Å²) in [5.74, 6) is -0.687. The van der Waals surface area contributed by atoms with Crippen molar-refractivity contribution in [2.24, 2.45) is 0 Å². The lowest BCUT2D eigenvalue weighted by atomic mass is 10.3. The molecule has 2 amide bonds. The fraction of sp³-hybridized carbons (Fsp3) is 0.500. The Bertz CT molecular complexity index is 146. The lowest BCUT2D eigenvalue weighted by Gasteiger charge is -2.12. The molecule has 1 aliphatic rings. The summed E-state index contributed by atoms with van der Waals surface area (Å²) in [6.45, 7) is 4.00. The molecule has 0 aromatic heterocycles. The summed E-state index contributed by atoms with van der Waals surface area (Å²) >= 11 is 4.50. The first-order valence-corrected chi connectivity index (χ1v) is 3.73. The van der Waals surface area contributed by atoms with Crippen LogP contribution in [-0.2, 0) is 9.59 Å². The average Bonchev–Trinajstić information content (AvgIpc) is 1.88. The molecule has 0 saturated carbocycles. The maximum atomic E-state index is 10.4. The van der Waals surface area contributed by atoms with E-state index >= 15 is 0 Å². The van der Waals surface area contributed by atoms with Gasteiger partial charge in [0.15, 0.2) is 5.11 Å². The minimum Gasteiger partial charge on any atom is -0.302 e. The molecule has 1 heterocycles. The molecule has 1 saturated heterocycles. The summed E-state index contributed by atoms with van der Waals surface area (Å²) in [6.07, 6.45) is -0.125. The molecule has 62 valence electrons. The predicted molar refractivity (Wildman–Crippen MR) is 44.8 cm³/mol. The monoisotopic (exact) mass is 174 g/mol. The zero-order valence-corrected chi connectivity index (χ0v) is 7.25. The second-order valence-electron chi connectivity index (χ2n) is 1.60. The third kappa shape index (κ3) is 3.67. The minimum absolute atomic E-state index is 0.0938. The number of nitrogens with one attached hydrogen (secondary N) is 2. The van der Waals surface area contributed by atoms with Crippen LogP contribution in [0.1, 0.15) is 20.3 Å². The number of hydrogen-bond acceptors (Lipinski definition) is 3. The lowest BCUT2D eigenvalue weighted by Crippen LogP contribution is -2.49. The molecule has 0 bridgehead atoms. The SMILES string of the molecule is CC.O=C1CC(=O)NC(=S)N1. The smallest absolute Gasteiger partial charge is 0.235 e. The van der Waals surface area contributed by atoms with Gasteiger partial charge in [0.05, 0.1) is 0 Å². The predicted octanol–water partition coefficient (Wildman–Crippen LogP) is -0.0664. The Kier molecular flexibility index (Phi) is 4.36. The molecule has 0 aromatic rings. The van der Waals surface area contributed by atoms with Crippen molar-refractivity contribution in [3.05, 3.63) is 0 Å². The number of thiocarbonyl (C=S) groups is 1. The third-order valence-electron chi connectivity index (χ3n) is 0.827. The Balaban J connectivity index is 0.000000461. The number of hydrogen-bond donors (Lipinski definition) is 2. The molecule has 11 heavy (non-hydrogen) atoms. The maximum absolute atomic E-state index is 10.4. The summed E-state index contributed by atoms with van der Waals surface area (Å²) < 4.78 is 0. The van der Waals surface area contributed by atoms with Crippen molar-refractivity contribution >= 4 is 29.1 Å². The summed E-state index contributed by atoms with van der Waals surface area (Å²) in [6, 6.07) is 0. The largest absolute Gasteiger partial charge is 0.302 e. The highest BCUT2D eigenvalue weighted by atomic mass is 32.1. The second kappa shape index (κ2) is 4.79. The normalized spacial score (nSPS) is 16.0. The van der Waals surface area contributed by atoms with Crippen molar-refractivity contribution in [2.75, 3.05) is 0 Å².